The molecule has 1 aromatic heterocycles. The number of hydrogen-bond donors (Lipinski definition) is 1. The van der Waals surface area contributed by atoms with Crippen LogP contribution in [-0.4, -0.2) is 16.3 Å². The van der Waals surface area contributed by atoms with Gasteiger partial charge in [0.15, 0.2) is 0 Å². The largest absolute Gasteiger partial charge is 0.310 e. The van der Waals surface area contributed by atoms with Crippen LogP contribution in [0.1, 0.15) is 36.1 Å². The lowest BCUT2D eigenvalue weighted by atomic mass is 9.96. The predicted molar refractivity (Wildman–Crippen MR) is 84.1 cm³/mol. The molecular formula is C16H22ClN3. The Morgan fingerprint density at radius 3 is 2.85 bits per heavy atom. The Labute approximate surface area is 126 Å². The monoisotopic (exact) mass is 291 g/mol. The van der Waals surface area contributed by atoms with Gasteiger partial charge in [-0.05, 0) is 49.1 Å². The molecule has 1 heterocycles. The van der Waals surface area contributed by atoms with E-state index >= 15 is 0 Å². The number of hydrogen-bond acceptors (Lipinski definition) is 2. The number of aromatic nitrogens is 2. The first-order valence-electron chi connectivity index (χ1n) is 7.07. The summed E-state index contributed by atoms with van der Waals surface area (Å²) >= 11 is 6.24. The summed E-state index contributed by atoms with van der Waals surface area (Å²) in [4.78, 5) is 0. The Balaban J connectivity index is 2.12. The van der Waals surface area contributed by atoms with Crippen molar-refractivity contribution in [2.24, 2.45) is 7.05 Å². The maximum atomic E-state index is 6.24. The van der Waals surface area contributed by atoms with Gasteiger partial charge >= 0.3 is 0 Å². The van der Waals surface area contributed by atoms with Crippen molar-refractivity contribution in [3.05, 3.63) is 52.3 Å². The van der Waals surface area contributed by atoms with Crippen LogP contribution >= 0.6 is 11.6 Å². The van der Waals surface area contributed by atoms with Gasteiger partial charge < -0.3 is 5.32 Å². The predicted octanol–water partition coefficient (Wildman–Crippen LogP) is 3.67. The van der Waals surface area contributed by atoms with E-state index in [1.165, 1.54) is 16.7 Å². The zero-order valence-electron chi connectivity index (χ0n) is 12.4. The molecule has 4 heteroatoms. The molecule has 0 aliphatic heterocycles. The maximum Gasteiger partial charge on any atom is 0.0521 e. The highest BCUT2D eigenvalue weighted by molar-refractivity contribution is 6.31. The van der Waals surface area contributed by atoms with Gasteiger partial charge in [-0.3, -0.25) is 4.68 Å². The molecule has 20 heavy (non-hydrogen) atoms. The van der Waals surface area contributed by atoms with E-state index < -0.39 is 0 Å². The summed E-state index contributed by atoms with van der Waals surface area (Å²) in [5.41, 5.74) is 3.74. The van der Waals surface area contributed by atoms with E-state index in [2.05, 4.69) is 36.5 Å². The van der Waals surface area contributed by atoms with Crippen LogP contribution in [0.25, 0.3) is 0 Å². The first-order chi connectivity index (χ1) is 9.61. The second kappa shape index (κ2) is 6.91. The smallest absolute Gasteiger partial charge is 0.0521 e. The number of nitrogens with zero attached hydrogens (tertiary/aromatic N) is 2. The van der Waals surface area contributed by atoms with Crippen molar-refractivity contribution < 1.29 is 0 Å². The summed E-state index contributed by atoms with van der Waals surface area (Å²) in [5, 5.41) is 8.62. The van der Waals surface area contributed by atoms with Gasteiger partial charge in [-0.1, -0.05) is 30.7 Å². The fraction of sp³-hybridized carbons (Fsp3) is 0.438. The van der Waals surface area contributed by atoms with Crippen molar-refractivity contribution >= 4 is 11.6 Å². The standard InChI is InChI=1S/C16H22ClN3/c1-4-18-16(9-8-13-10-19-20(3)11-13)14-6-5-7-15(17)12(14)2/h5-7,10-11,16,18H,4,8-9H2,1-3H3. The minimum atomic E-state index is 0.332. The van der Waals surface area contributed by atoms with Crippen LogP contribution < -0.4 is 5.32 Å². The summed E-state index contributed by atoms with van der Waals surface area (Å²) in [6.07, 6.45) is 6.07. The molecule has 1 N–H and O–H groups in total. The van der Waals surface area contributed by atoms with Crippen molar-refractivity contribution in [1.82, 2.24) is 15.1 Å². The molecule has 0 saturated carbocycles. The van der Waals surface area contributed by atoms with Gasteiger partial charge in [0.25, 0.3) is 0 Å². The number of nitrogens with one attached hydrogen (secondary N) is 1. The molecule has 1 aromatic carbocycles. The molecule has 3 nitrogen and oxygen atoms in total. The van der Waals surface area contributed by atoms with Crippen molar-refractivity contribution in [3.8, 4) is 0 Å². The fourth-order valence-corrected chi connectivity index (χ4v) is 2.71. The number of aryl methyl sites for hydroxylation is 2. The third kappa shape index (κ3) is 3.62. The SMILES string of the molecule is CCNC(CCc1cnn(C)c1)c1cccc(Cl)c1C. The Bertz CT molecular complexity index is 563. The average Bonchev–Trinajstić information content (AvgIpc) is 2.84. The Hall–Kier alpha value is -1.32. The lowest BCUT2D eigenvalue weighted by Crippen LogP contribution is -2.22. The number of benzene rings is 1. The molecule has 0 saturated heterocycles. The Morgan fingerprint density at radius 1 is 1.40 bits per heavy atom. The first-order valence-corrected chi connectivity index (χ1v) is 7.45. The minimum absolute atomic E-state index is 0.332. The lowest BCUT2D eigenvalue weighted by molar-refractivity contribution is 0.513. The van der Waals surface area contributed by atoms with Crippen LogP contribution in [0.15, 0.2) is 30.6 Å². The molecule has 0 aliphatic carbocycles. The van der Waals surface area contributed by atoms with E-state index in [1.807, 2.05) is 30.1 Å². The quantitative estimate of drug-likeness (QED) is 0.880. The van der Waals surface area contributed by atoms with Crippen LogP contribution in [-0.2, 0) is 13.5 Å². The molecule has 0 spiro atoms. The molecule has 0 amide bonds. The van der Waals surface area contributed by atoms with Crippen LogP contribution in [0, 0.1) is 6.92 Å². The van der Waals surface area contributed by atoms with Crippen LogP contribution in [0.3, 0.4) is 0 Å². The van der Waals surface area contributed by atoms with Crippen LogP contribution in [0.2, 0.25) is 5.02 Å². The van der Waals surface area contributed by atoms with E-state index in [-0.39, 0.29) is 0 Å². The normalized spacial score (nSPS) is 12.6. The first kappa shape index (κ1) is 15.1. The second-order valence-corrected chi connectivity index (χ2v) is 5.53. The second-order valence-electron chi connectivity index (χ2n) is 5.13. The third-order valence-electron chi connectivity index (χ3n) is 3.62. The van der Waals surface area contributed by atoms with Gasteiger partial charge in [0.05, 0.1) is 6.20 Å². The summed E-state index contributed by atoms with van der Waals surface area (Å²) in [5.74, 6) is 0. The molecule has 1 unspecified atom stereocenters. The van der Waals surface area contributed by atoms with Crippen molar-refractivity contribution in [1.29, 1.82) is 0 Å². The molecule has 0 radical (unpaired) electrons. The molecule has 2 aromatic rings. The summed E-state index contributed by atoms with van der Waals surface area (Å²) in [6, 6.07) is 6.47. The van der Waals surface area contributed by atoms with Gasteiger partial charge in [-0.25, -0.2) is 0 Å². The number of halogens is 1. The summed E-state index contributed by atoms with van der Waals surface area (Å²) in [7, 11) is 1.95. The van der Waals surface area contributed by atoms with Crippen LogP contribution in [0.4, 0.5) is 0 Å². The van der Waals surface area contributed by atoms with Gasteiger partial charge in [0.2, 0.25) is 0 Å². The Kier molecular flexibility index (Phi) is 5.21. The molecule has 1 atom stereocenters. The summed E-state index contributed by atoms with van der Waals surface area (Å²) in [6.45, 7) is 5.17. The zero-order valence-corrected chi connectivity index (χ0v) is 13.1. The van der Waals surface area contributed by atoms with Crippen molar-refractivity contribution in [2.75, 3.05) is 6.54 Å². The van der Waals surface area contributed by atoms with Gasteiger partial charge in [0.1, 0.15) is 0 Å². The molecule has 108 valence electrons. The molecule has 2 rings (SSSR count). The van der Waals surface area contributed by atoms with E-state index in [4.69, 9.17) is 11.6 Å². The van der Waals surface area contributed by atoms with E-state index in [1.54, 1.807) is 0 Å². The average molecular weight is 292 g/mol. The van der Waals surface area contributed by atoms with Gasteiger partial charge in [0, 0.05) is 24.3 Å². The number of rotatable bonds is 6. The van der Waals surface area contributed by atoms with Crippen molar-refractivity contribution in [2.45, 2.75) is 32.7 Å². The van der Waals surface area contributed by atoms with Crippen molar-refractivity contribution in [3.63, 3.8) is 0 Å². The highest BCUT2D eigenvalue weighted by Gasteiger charge is 2.14. The highest BCUT2D eigenvalue weighted by atomic mass is 35.5. The van der Waals surface area contributed by atoms with E-state index in [0.29, 0.717) is 6.04 Å². The molecule has 0 bridgehead atoms. The topological polar surface area (TPSA) is 29.9 Å². The third-order valence-corrected chi connectivity index (χ3v) is 4.03. The van der Waals surface area contributed by atoms with E-state index in [0.717, 1.165) is 24.4 Å². The Morgan fingerprint density at radius 2 is 2.20 bits per heavy atom. The zero-order chi connectivity index (χ0) is 14.5. The molecular weight excluding hydrogens is 270 g/mol. The fourth-order valence-electron chi connectivity index (χ4n) is 2.53. The van der Waals surface area contributed by atoms with Gasteiger partial charge in [-0.15, -0.1) is 0 Å². The maximum absolute atomic E-state index is 6.24. The molecule has 0 fully saturated rings. The molecule has 0 aliphatic rings. The highest BCUT2D eigenvalue weighted by Crippen LogP contribution is 2.27. The van der Waals surface area contributed by atoms with E-state index in [9.17, 15) is 0 Å². The lowest BCUT2D eigenvalue weighted by Gasteiger charge is -2.20. The minimum Gasteiger partial charge on any atom is -0.310 e. The van der Waals surface area contributed by atoms with Crippen LogP contribution in [0.5, 0.6) is 0 Å². The summed E-state index contributed by atoms with van der Waals surface area (Å²) < 4.78 is 1.85. The van der Waals surface area contributed by atoms with Gasteiger partial charge in [-0.2, -0.15) is 5.10 Å².